The van der Waals surface area contributed by atoms with E-state index in [0.29, 0.717) is 29.2 Å². The lowest BCUT2D eigenvalue weighted by atomic mass is 9.87. The van der Waals surface area contributed by atoms with Gasteiger partial charge in [0.1, 0.15) is 5.75 Å². The van der Waals surface area contributed by atoms with Crippen molar-refractivity contribution in [2.45, 2.75) is 40.0 Å². The zero-order valence-electron chi connectivity index (χ0n) is 16.6. The van der Waals surface area contributed by atoms with Crippen molar-refractivity contribution in [3.8, 4) is 5.75 Å². The molecule has 0 aromatic heterocycles. The molecule has 5 heteroatoms. The number of benzene rings is 2. The van der Waals surface area contributed by atoms with Crippen LogP contribution in [0.2, 0.25) is 0 Å². The fourth-order valence-corrected chi connectivity index (χ4v) is 2.59. The van der Waals surface area contributed by atoms with Crippen LogP contribution in [0.15, 0.2) is 42.5 Å². The molecule has 0 unspecified atom stereocenters. The number of hydrogen-bond donors (Lipinski definition) is 1. The first-order chi connectivity index (χ1) is 12.7. The Morgan fingerprint density at radius 2 is 1.70 bits per heavy atom. The van der Waals surface area contributed by atoms with Gasteiger partial charge in [-0.15, -0.1) is 0 Å². The molecule has 0 aliphatic carbocycles. The van der Waals surface area contributed by atoms with E-state index in [1.54, 1.807) is 32.0 Å². The number of anilines is 1. The van der Waals surface area contributed by atoms with Gasteiger partial charge in [-0.2, -0.15) is 0 Å². The molecule has 1 amide bonds. The van der Waals surface area contributed by atoms with Crippen molar-refractivity contribution in [1.82, 2.24) is 0 Å². The van der Waals surface area contributed by atoms with Crippen molar-refractivity contribution in [3.05, 3.63) is 59.2 Å². The maximum absolute atomic E-state index is 12.2. The lowest BCUT2D eigenvalue weighted by Crippen LogP contribution is -2.21. The predicted molar refractivity (Wildman–Crippen MR) is 106 cm³/mol. The summed E-state index contributed by atoms with van der Waals surface area (Å²) in [6, 6.07) is 12.9. The summed E-state index contributed by atoms with van der Waals surface area (Å²) in [5.74, 6) is -0.0598. The molecule has 0 radical (unpaired) electrons. The van der Waals surface area contributed by atoms with E-state index in [2.05, 4.69) is 26.1 Å². The Morgan fingerprint density at radius 1 is 1.04 bits per heavy atom. The van der Waals surface area contributed by atoms with Crippen LogP contribution >= 0.6 is 0 Å². The molecule has 0 heterocycles. The van der Waals surface area contributed by atoms with Crippen LogP contribution in [0.1, 0.15) is 49.2 Å². The van der Waals surface area contributed by atoms with Crippen LogP contribution in [0.25, 0.3) is 0 Å². The van der Waals surface area contributed by atoms with E-state index in [4.69, 9.17) is 9.47 Å². The maximum atomic E-state index is 12.2. The predicted octanol–water partition coefficient (Wildman–Crippen LogP) is 4.49. The molecule has 144 valence electrons. The number of carbonyl (C=O) groups is 2. The minimum Gasteiger partial charge on any atom is -0.484 e. The van der Waals surface area contributed by atoms with Gasteiger partial charge in [-0.25, -0.2) is 4.79 Å². The van der Waals surface area contributed by atoms with E-state index >= 15 is 0 Å². The SMILES string of the molecule is CCOC(=O)c1cccc(NC(=O)COc2ccc(C(C)(C)C)cc2)c1C. The summed E-state index contributed by atoms with van der Waals surface area (Å²) >= 11 is 0. The summed E-state index contributed by atoms with van der Waals surface area (Å²) in [5.41, 5.74) is 2.94. The van der Waals surface area contributed by atoms with Gasteiger partial charge < -0.3 is 14.8 Å². The number of amides is 1. The minimum absolute atomic E-state index is 0.0668. The Kier molecular flexibility index (Phi) is 6.61. The van der Waals surface area contributed by atoms with Gasteiger partial charge in [0.2, 0.25) is 0 Å². The third kappa shape index (κ3) is 5.58. The fraction of sp³-hybridized carbons (Fsp3) is 0.364. The number of rotatable bonds is 6. The quantitative estimate of drug-likeness (QED) is 0.762. The van der Waals surface area contributed by atoms with Gasteiger partial charge in [-0.05, 0) is 54.7 Å². The van der Waals surface area contributed by atoms with Crippen LogP contribution in [0, 0.1) is 6.92 Å². The Morgan fingerprint density at radius 3 is 2.30 bits per heavy atom. The summed E-state index contributed by atoms with van der Waals surface area (Å²) in [6.07, 6.45) is 0. The van der Waals surface area contributed by atoms with Crippen molar-refractivity contribution in [2.75, 3.05) is 18.5 Å². The molecule has 0 bridgehead atoms. The van der Waals surface area contributed by atoms with Crippen LogP contribution in [0.5, 0.6) is 5.75 Å². The molecule has 0 aliphatic heterocycles. The first-order valence-corrected chi connectivity index (χ1v) is 9.02. The molecule has 27 heavy (non-hydrogen) atoms. The summed E-state index contributed by atoms with van der Waals surface area (Å²) in [5, 5.41) is 2.78. The molecule has 0 atom stereocenters. The third-order valence-electron chi connectivity index (χ3n) is 4.19. The molecular formula is C22H27NO4. The lowest BCUT2D eigenvalue weighted by molar-refractivity contribution is -0.118. The second-order valence-corrected chi connectivity index (χ2v) is 7.31. The molecule has 0 saturated heterocycles. The van der Waals surface area contributed by atoms with Crippen LogP contribution in [0.4, 0.5) is 5.69 Å². The first kappa shape index (κ1) is 20.5. The van der Waals surface area contributed by atoms with Crippen molar-refractivity contribution < 1.29 is 19.1 Å². The number of esters is 1. The first-order valence-electron chi connectivity index (χ1n) is 9.02. The van der Waals surface area contributed by atoms with E-state index < -0.39 is 5.97 Å². The second-order valence-electron chi connectivity index (χ2n) is 7.31. The number of carbonyl (C=O) groups excluding carboxylic acids is 2. The van der Waals surface area contributed by atoms with Gasteiger partial charge in [0.05, 0.1) is 12.2 Å². The van der Waals surface area contributed by atoms with Gasteiger partial charge >= 0.3 is 5.97 Å². The molecule has 5 nitrogen and oxygen atoms in total. The van der Waals surface area contributed by atoms with Gasteiger partial charge in [-0.1, -0.05) is 39.0 Å². The van der Waals surface area contributed by atoms with E-state index in [9.17, 15) is 9.59 Å². The highest BCUT2D eigenvalue weighted by Gasteiger charge is 2.15. The summed E-state index contributed by atoms with van der Waals surface area (Å²) < 4.78 is 10.6. The van der Waals surface area contributed by atoms with Gasteiger partial charge in [0, 0.05) is 5.69 Å². The van der Waals surface area contributed by atoms with Crippen molar-refractivity contribution in [1.29, 1.82) is 0 Å². The van der Waals surface area contributed by atoms with Crippen LogP contribution in [-0.2, 0) is 14.9 Å². The van der Waals surface area contributed by atoms with Crippen LogP contribution < -0.4 is 10.1 Å². The Labute approximate surface area is 160 Å². The van der Waals surface area contributed by atoms with E-state index in [1.165, 1.54) is 5.56 Å². The Balaban J connectivity index is 1.98. The maximum Gasteiger partial charge on any atom is 0.338 e. The molecule has 1 N–H and O–H groups in total. The highest BCUT2D eigenvalue weighted by molar-refractivity contribution is 5.97. The number of nitrogens with one attached hydrogen (secondary N) is 1. The fourth-order valence-electron chi connectivity index (χ4n) is 2.59. The summed E-state index contributed by atoms with van der Waals surface area (Å²) in [7, 11) is 0. The van der Waals surface area contributed by atoms with Gasteiger partial charge in [0.15, 0.2) is 6.61 Å². The Bertz CT molecular complexity index is 804. The smallest absolute Gasteiger partial charge is 0.338 e. The molecule has 2 aromatic carbocycles. The summed E-state index contributed by atoms with van der Waals surface area (Å²) in [4.78, 5) is 24.2. The monoisotopic (exact) mass is 369 g/mol. The summed E-state index contributed by atoms with van der Waals surface area (Å²) in [6.45, 7) is 10.1. The second kappa shape index (κ2) is 8.71. The molecule has 2 aromatic rings. The number of ether oxygens (including phenoxy) is 2. The van der Waals surface area contributed by atoms with Crippen molar-refractivity contribution in [3.63, 3.8) is 0 Å². The minimum atomic E-state index is -0.402. The zero-order valence-corrected chi connectivity index (χ0v) is 16.6. The largest absolute Gasteiger partial charge is 0.484 e. The van der Waals surface area contributed by atoms with Crippen LogP contribution in [-0.4, -0.2) is 25.1 Å². The zero-order chi connectivity index (χ0) is 20.0. The average molecular weight is 369 g/mol. The van der Waals surface area contributed by atoms with E-state index in [-0.39, 0.29) is 17.9 Å². The van der Waals surface area contributed by atoms with Gasteiger partial charge in [0.25, 0.3) is 5.91 Å². The average Bonchev–Trinajstić information content (AvgIpc) is 2.61. The highest BCUT2D eigenvalue weighted by Crippen LogP contribution is 2.24. The molecule has 0 saturated carbocycles. The molecule has 0 spiro atoms. The highest BCUT2D eigenvalue weighted by atomic mass is 16.5. The van der Waals surface area contributed by atoms with Crippen LogP contribution in [0.3, 0.4) is 0 Å². The van der Waals surface area contributed by atoms with Crippen molar-refractivity contribution >= 4 is 17.6 Å². The number of hydrogen-bond acceptors (Lipinski definition) is 4. The van der Waals surface area contributed by atoms with Gasteiger partial charge in [-0.3, -0.25) is 4.79 Å². The molecule has 0 fully saturated rings. The molecule has 2 rings (SSSR count). The topological polar surface area (TPSA) is 64.6 Å². The lowest BCUT2D eigenvalue weighted by Gasteiger charge is -2.19. The molecular weight excluding hydrogens is 342 g/mol. The normalized spacial score (nSPS) is 11.0. The Hall–Kier alpha value is -2.82. The third-order valence-corrected chi connectivity index (χ3v) is 4.19. The van der Waals surface area contributed by atoms with E-state index in [0.717, 1.165) is 0 Å². The standard InChI is InChI=1S/C22H27NO4/c1-6-26-21(25)18-8-7-9-19(15(18)2)23-20(24)14-27-17-12-10-16(11-13-17)22(3,4)5/h7-13H,6,14H2,1-5H3,(H,23,24). The molecule has 0 aliphatic rings. The van der Waals surface area contributed by atoms with E-state index in [1.807, 2.05) is 24.3 Å². The van der Waals surface area contributed by atoms with Crippen molar-refractivity contribution in [2.24, 2.45) is 0 Å².